The number of benzene rings is 3. The van der Waals surface area contributed by atoms with Crippen LogP contribution in [-0.4, -0.2) is 56.7 Å². The van der Waals surface area contributed by atoms with Gasteiger partial charge in [-0.2, -0.15) is 0 Å². The van der Waals surface area contributed by atoms with Crippen LogP contribution in [-0.2, 0) is 16.0 Å². The zero-order valence-electron chi connectivity index (χ0n) is 21.3. The number of imide groups is 1. The Labute approximate surface area is 219 Å². The Balaban J connectivity index is 1.55. The molecule has 1 heterocycles. The Hall–Kier alpha value is -4.60. The molecule has 3 aromatic rings. The van der Waals surface area contributed by atoms with Crippen LogP contribution in [0, 0.1) is 5.82 Å². The summed E-state index contributed by atoms with van der Waals surface area (Å²) in [7, 11) is 4.61. The first kappa shape index (κ1) is 26.5. The van der Waals surface area contributed by atoms with Gasteiger partial charge in [0.1, 0.15) is 17.6 Å². The molecule has 4 amide bonds. The number of nitrogens with zero attached hydrogens (tertiary/aromatic N) is 2. The van der Waals surface area contributed by atoms with E-state index < -0.39 is 29.7 Å². The molecule has 0 saturated carbocycles. The summed E-state index contributed by atoms with van der Waals surface area (Å²) in [4.78, 5) is 42.1. The molecular formula is C28H28FN3O6. The molecule has 38 heavy (non-hydrogen) atoms. The molecule has 0 unspecified atom stereocenters. The summed E-state index contributed by atoms with van der Waals surface area (Å²) in [6, 6.07) is 15.6. The molecule has 1 aliphatic heterocycles. The molecule has 1 fully saturated rings. The zero-order valence-corrected chi connectivity index (χ0v) is 21.3. The predicted octanol–water partition coefficient (Wildman–Crippen LogP) is 4.26. The number of rotatable bonds is 10. The Kier molecular flexibility index (Phi) is 8.10. The van der Waals surface area contributed by atoms with E-state index in [9.17, 15) is 18.8 Å². The van der Waals surface area contributed by atoms with Gasteiger partial charge in [0.2, 0.25) is 5.91 Å². The molecule has 0 spiro atoms. The van der Waals surface area contributed by atoms with Crippen LogP contribution in [0.25, 0.3) is 0 Å². The maximum Gasteiger partial charge on any atom is 0.332 e. The summed E-state index contributed by atoms with van der Waals surface area (Å²) in [6.07, 6.45) is 0.146. The lowest BCUT2D eigenvalue weighted by Crippen LogP contribution is -2.39. The number of halogens is 1. The van der Waals surface area contributed by atoms with Crippen molar-refractivity contribution in [1.29, 1.82) is 0 Å². The summed E-state index contributed by atoms with van der Waals surface area (Å²) in [6.45, 7) is 0.165. The Bertz CT molecular complexity index is 1310. The third kappa shape index (κ3) is 5.69. The first-order valence-corrected chi connectivity index (χ1v) is 11.9. The van der Waals surface area contributed by atoms with Gasteiger partial charge in [-0.25, -0.2) is 14.1 Å². The summed E-state index contributed by atoms with van der Waals surface area (Å²) in [5.74, 6) is 0.262. The molecule has 10 heteroatoms. The van der Waals surface area contributed by atoms with Gasteiger partial charge in [0.25, 0.3) is 5.91 Å². The van der Waals surface area contributed by atoms with E-state index in [1.165, 1.54) is 43.4 Å². The number of carbonyl (C=O) groups excluding carboxylic acids is 3. The standard InChI is InChI=1S/C28H28FN3O6/c1-36-22-11-7-20(8-12-22)30-26(33)17-23-27(34)32(21-9-5-19(29)6-10-21)28(35)31(23)15-14-18-4-13-24(37-2)25(16-18)38-3/h4-13,16,23H,14-15,17H2,1-3H3,(H,30,33)/t23-/m1/s1. The van der Waals surface area contributed by atoms with E-state index in [0.717, 1.165) is 10.5 Å². The molecule has 0 aromatic heterocycles. The highest BCUT2D eigenvalue weighted by Crippen LogP contribution is 2.30. The van der Waals surface area contributed by atoms with Crippen molar-refractivity contribution in [2.75, 3.05) is 38.1 Å². The SMILES string of the molecule is COc1ccc(NC(=O)C[C@@H]2C(=O)N(c3ccc(F)cc3)C(=O)N2CCc2ccc(OC)c(OC)c2)cc1. The summed E-state index contributed by atoms with van der Waals surface area (Å²) < 4.78 is 29.3. The lowest BCUT2D eigenvalue weighted by Gasteiger charge is -2.22. The van der Waals surface area contributed by atoms with E-state index in [2.05, 4.69) is 5.32 Å². The Morgan fingerprint density at radius 3 is 2.21 bits per heavy atom. The van der Waals surface area contributed by atoms with E-state index in [1.807, 2.05) is 6.07 Å². The van der Waals surface area contributed by atoms with Crippen LogP contribution < -0.4 is 24.4 Å². The van der Waals surface area contributed by atoms with E-state index in [-0.39, 0.29) is 18.7 Å². The van der Waals surface area contributed by atoms with Gasteiger partial charge in [0.05, 0.1) is 33.4 Å². The van der Waals surface area contributed by atoms with Gasteiger partial charge in [-0.1, -0.05) is 6.07 Å². The molecule has 198 valence electrons. The fourth-order valence-electron chi connectivity index (χ4n) is 4.26. The highest BCUT2D eigenvalue weighted by atomic mass is 19.1. The third-order valence-electron chi connectivity index (χ3n) is 6.25. The summed E-state index contributed by atoms with van der Waals surface area (Å²) in [5, 5.41) is 2.76. The van der Waals surface area contributed by atoms with Gasteiger partial charge >= 0.3 is 6.03 Å². The molecule has 9 nitrogen and oxygen atoms in total. The number of urea groups is 1. The lowest BCUT2D eigenvalue weighted by atomic mass is 10.1. The number of hydrogen-bond donors (Lipinski definition) is 1. The minimum Gasteiger partial charge on any atom is -0.497 e. The molecule has 0 aliphatic carbocycles. The van der Waals surface area contributed by atoms with Gasteiger partial charge < -0.3 is 24.4 Å². The number of methoxy groups -OCH3 is 3. The first-order chi connectivity index (χ1) is 18.3. The smallest absolute Gasteiger partial charge is 0.332 e. The van der Waals surface area contributed by atoms with Crippen LogP contribution in [0.3, 0.4) is 0 Å². The van der Waals surface area contributed by atoms with Crippen molar-refractivity contribution in [3.8, 4) is 17.2 Å². The van der Waals surface area contributed by atoms with E-state index >= 15 is 0 Å². The second-order valence-corrected chi connectivity index (χ2v) is 8.56. The molecular weight excluding hydrogens is 493 g/mol. The van der Waals surface area contributed by atoms with Crippen LogP contribution in [0.4, 0.5) is 20.6 Å². The summed E-state index contributed by atoms with van der Waals surface area (Å²) >= 11 is 0. The Morgan fingerprint density at radius 2 is 1.58 bits per heavy atom. The number of hydrogen-bond acceptors (Lipinski definition) is 6. The first-order valence-electron chi connectivity index (χ1n) is 11.9. The zero-order chi connectivity index (χ0) is 27.2. The minimum atomic E-state index is -1.04. The van der Waals surface area contributed by atoms with Gasteiger partial charge in [-0.05, 0) is 72.6 Å². The maximum absolute atomic E-state index is 13.5. The molecule has 1 atom stereocenters. The normalized spacial score (nSPS) is 15.0. The number of carbonyl (C=O) groups is 3. The topological polar surface area (TPSA) is 97.4 Å². The predicted molar refractivity (Wildman–Crippen MR) is 139 cm³/mol. The summed E-state index contributed by atoms with van der Waals surface area (Å²) in [5.41, 5.74) is 1.61. The van der Waals surface area contributed by atoms with Crippen LogP contribution in [0.2, 0.25) is 0 Å². The quantitative estimate of drug-likeness (QED) is 0.401. The molecule has 1 N–H and O–H groups in total. The molecule has 1 saturated heterocycles. The second-order valence-electron chi connectivity index (χ2n) is 8.56. The van der Waals surface area contributed by atoms with Crippen molar-refractivity contribution in [1.82, 2.24) is 4.90 Å². The van der Waals surface area contributed by atoms with Crippen molar-refractivity contribution in [3.63, 3.8) is 0 Å². The van der Waals surface area contributed by atoms with Crippen molar-refractivity contribution >= 4 is 29.2 Å². The number of amides is 4. The average molecular weight is 522 g/mol. The average Bonchev–Trinajstić information content (AvgIpc) is 3.16. The largest absolute Gasteiger partial charge is 0.497 e. The van der Waals surface area contributed by atoms with Gasteiger partial charge in [-0.15, -0.1) is 0 Å². The van der Waals surface area contributed by atoms with Crippen molar-refractivity contribution in [2.24, 2.45) is 0 Å². The number of ether oxygens (including phenoxy) is 3. The second kappa shape index (κ2) is 11.6. The van der Waals surface area contributed by atoms with E-state index in [4.69, 9.17) is 14.2 Å². The highest BCUT2D eigenvalue weighted by molar-refractivity contribution is 6.22. The Morgan fingerprint density at radius 1 is 0.895 bits per heavy atom. The molecule has 0 bridgehead atoms. The van der Waals surface area contributed by atoms with Crippen LogP contribution in [0.1, 0.15) is 12.0 Å². The van der Waals surface area contributed by atoms with Crippen molar-refractivity contribution < 1.29 is 33.0 Å². The maximum atomic E-state index is 13.5. The van der Waals surface area contributed by atoms with E-state index in [0.29, 0.717) is 29.4 Å². The van der Waals surface area contributed by atoms with Gasteiger partial charge in [0, 0.05) is 12.2 Å². The van der Waals surface area contributed by atoms with Crippen molar-refractivity contribution in [3.05, 3.63) is 78.1 Å². The molecule has 1 aliphatic rings. The number of nitrogens with one attached hydrogen (secondary N) is 1. The van der Waals surface area contributed by atoms with Gasteiger partial charge in [-0.3, -0.25) is 9.59 Å². The minimum absolute atomic E-state index is 0.165. The van der Waals surface area contributed by atoms with Crippen LogP contribution in [0.15, 0.2) is 66.7 Å². The monoisotopic (exact) mass is 521 g/mol. The van der Waals surface area contributed by atoms with E-state index in [1.54, 1.807) is 43.5 Å². The number of anilines is 2. The van der Waals surface area contributed by atoms with Crippen molar-refractivity contribution in [2.45, 2.75) is 18.9 Å². The van der Waals surface area contributed by atoms with Crippen LogP contribution in [0.5, 0.6) is 17.2 Å². The fourth-order valence-corrected chi connectivity index (χ4v) is 4.26. The fraction of sp³-hybridized carbons (Fsp3) is 0.250. The highest BCUT2D eigenvalue weighted by Gasteiger charge is 2.46. The molecule has 0 radical (unpaired) electrons. The third-order valence-corrected chi connectivity index (χ3v) is 6.25. The molecule has 3 aromatic carbocycles. The lowest BCUT2D eigenvalue weighted by molar-refractivity contribution is -0.124. The molecule has 4 rings (SSSR count). The van der Waals surface area contributed by atoms with Crippen LogP contribution >= 0.6 is 0 Å². The van der Waals surface area contributed by atoms with Gasteiger partial charge in [0.15, 0.2) is 11.5 Å².